The van der Waals surface area contributed by atoms with Crippen molar-refractivity contribution in [2.24, 2.45) is 0 Å². The highest BCUT2D eigenvalue weighted by Crippen LogP contribution is 2.29. The van der Waals surface area contributed by atoms with E-state index in [-0.39, 0.29) is 12.2 Å². The van der Waals surface area contributed by atoms with Crippen molar-refractivity contribution in [3.05, 3.63) is 88.1 Å². The van der Waals surface area contributed by atoms with Crippen LogP contribution in [0.3, 0.4) is 0 Å². The van der Waals surface area contributed by atoms with Crippen molar-refractivity contribution in [2.75, 3.05) is 19.5 Å². The van der Waals surface area contributed by atoms with E-state index < -0.39 is 17.3 Å². The Kier molecular flexibility index (Phi) is 6.13. The molecule has 2 aromatic carbocycles. The highest BCUT2D eigenvalue weighted by atomic mass is 19.1. The number of amides is 1. The fourth-order valence-corrected chi connectivity index (χ4v) is 2.62. The summed E-state index contributed by atoms with van der Waals surface area (Å²) in [6.45, 7) is -0.0353. The number of rotatable bonds is 7. The third-order valence-corrected chi connectivity index (χ3v) is 4.07. The van der Waals surface area contributed by atoms with Gasteiger partial charge >= 0.3 is 0 Å². The first-order valence-electron chi connectivity index (χ1n) is 8.64. The summed E-state index contributed by atoms with van der Waals surface area (Å²) in [7, 11) is 2.96. The van der Waals surface area contributed by atoms with Crippen LogP contribution in [0.1, 0.15) is 15.9 Å². The number of carbonyl (C=O) groups is 1. The van der Waals surface area contributed by atoms with Gasteiger partial charge in [-0.3, -0.25) is 9.59 Å². The highest BCUT2D eigenvalue weighted by molar-refractivity contribution is 6.04. The second-order valence-electron chi connectivity index (χ2n) is 5.98. The number of ether oxygens (including phenoxy) is 2. The topological polar surface area (TPSA) is 78.8 Å². The van der Waals surface area contributed by atoms with Gasteiger partial charge in [-0.2, -0.15) is 4.73 Å². The van der Waals surface area contributed by atoms with Gasteiger partial charge in [0.05, 0.1) is 19.9 Å². The summed E-state index contributed by atoms with van der Waals surface area (Å²) in [5.74, 6) is -0.105. The average Bonchev–Trinajstić information content (AvgIpc) is 2.73. The van der Waals surface area contributed by atoms with Crippen LogP contribution in [0.4, 0.5) is 10.1 Å². The summed E-state index contributed by atoms with van der Waals surface area (Å²) in [6.07, 6.45) is 1.38. The third-order valence-electron chi connectivity index (χ3n) is 4.07. The molecule has 1 heterocycles. The van der Waals surface area contributed by atoms with E-state index in [1.54, 1.807) is 30.3 Å². The average molecular weight is 398 g/mol. The largest absolute Gasteiger partial charge is 0.497 e. The predicted octanol–water partition coefficient (Wildman–Crippen LogP) is 2.89. The maximum Gasteiger partial charge on any atom is 0.295 e. The Morgan fingerprint density at radius 3 is 2.62 bits per heavy atom. The monoisotopic (exact) mass is 398 g/mol. The van der Waals surface area contributed by atoms with Crippen LogP contribution in [0, 0.1) is 5.82 Å². The molecule has 0 saturated carbocycles. The van der Waals surface area contributed by atoms with E-state index in [0.717, 1.165) is 4.73 Å². The van der Waals surface area contributed by atoms with Crippen molar-refractivity contribution in [3.63, 3.8) is 0 Å². The molecule has 29 heavy (non-hydrogen) atoms. The lowest BCUT2D eigenvalue weighted by molar-refractivity contribution is 0.0862. The first-order chi connectivity index (χ1) is 14.0. The SMILES string of the molecule is COc1ccc(OC)c(NC(=O)c2cccn(OCc3cccc(F)c3)c2=O)c1. The number of anilines is 1. The van der Waals surface area contributed by atoms with Crippen LogP contribution < -0.4 is 25.2 Å². The van der Waals surface area contributed by atoms with Crippen molar-refractivity contribution in [1.29, 1.82) is 0 Å². The van der Waals surface area contributed by atoms with E-state index in [1.807, 2.05) is 0 Å². The molecule has 3 aromatic rings. The molecule has 1 N–H and O–H groups in total. The summed E-state index contributed by atoms with van der Waals surface area (Å²) < 4.78 is 24.6. The van der Waals surface area contributed by atoms with E-state index in [0.29, 0.717) is 22.7 Å². The highest BCUT2D eigenvalue weighted by Gasteiger charge is 2.16. The quantitative estimate of drug-likeness (QED) is 0.662. The van der Waals surface area contributed by atoms with Gasteiger partial charge in [0.1, 0.15) is 29.5 Å². The first kappa shape index (κ1) is 19.9. The van der Waals surface area contributed by atoms with E-state index >= 15 is 0 Å². The Morgan fingerprint density at radius 2 is 1.90 bits per heavy atom. The molecule has 8 heteroatoms. The second kappa shape index (κ2) is 8.92. The Bertz CT molecular complexity index is 1080. The Morgan fingerprint density at radius 1 is 1.07 bits per heavy atom. The molecule has 0 saturated heterocycles. The molecule has 0 bridgehead atoms. The molecule has 0 unspecified atom stereocenters. The number of carbonyl (C=O) groups excluding carboxylic acids is 1. The zero-order chi connectivity index (χ0) is 20.8. The Hall–Kier alpha value is -3.81. The maximum atomic E-state index is 13.3. The Balaban J connectivity index is 1.80. The van der Waals surface area contributed by atoms with E-state index in [4.69, 9.17) is 14.3 Å². The third kappa shape index (κ3) is 4.73. The molecule has 0 fully saturated rings. The van der Waals surface area contributed by atoms with Crippen LogP contribution in [0.15, 0.2) is 65.6 Å². The number of methoxy groups -OCH3 is 2. The van der Waals surface area contributed by atoms with Crippen LogP contribution in [0.5, 0.6) is 11.5 Å². The molecule has 7 nitrogen and oxygen atoms in total. The maximum absolute atomic E-state index is 13.3. The number of aromatic nitrogens is 1. The molecule has 0 atom stereocenters. The van der Waals surface area contributed by atoms with Gasteiger partial charge in [-0.25, -0.2) is 4.39 Å². The van der Waals surface area contributed by atoms with Crippen LogP contribution in [0.25, 0.3) is 0 Å². The van der Waals surface area contributed by atoms with Crippen LogP contribution in [-0.2, 0) is 6.61 Å². The molecule has 0 spiro atoms. The van der Waals surface area contributed by atoms with Gasteiger partial charge in [-0.15, -0.1) is 0 Å². The molecular weight excluding hydrogens is 379 g/mol. The first-order valence-corrected chi connectivity index (χ1v) is 8.64. The van der Waals surface area contributed by atoms with Crippen molar-refractivity contribution in [1.82, 2.24) is 4.73 Å². The number of nitrogens with zero attached hydrogens (tertiary/aromatic N) is 1. The normalized spacial score (nSPS) is 10.3. The summed E-state index contributed by atoms with van der Waals surface area (Å²) in [5.41, 5.74) is 0.125. The number of halogens is 1. The molecule has 0 aliphatic heterocycles. The van der Waals surface area contributed by atoms with Gasteiger partial charge in [-0.05, 0) is 42.0 Å². The minimum Gasteiger partial charge on any atom is -0.497 e. The van der Waals surface area contributed by atoms with Gasteiger partial charge in [0.2, 0.25) is 0 Å². The minimum absolute atomic E-state index is 0.0353. The van der Waals surface area contributed by atoms with Crippen molar-refractivity contribution in [2.45, 2.75) is 6.61 Å². The predicted molar refractivity (Wildman–Crippen MR) is 105 cm³/mol. The number of pyridine rings is 1. The fourth-order valence-electron chi connectivity index (χ4n) is 2.62. The van der Waals surface area contributed by atoms with Gasteiger partial charge in [0.15, 0.2) is 0 Å². The fraction of sp³-hybridized carbons (Fsp3) is 0.143. The van der Waals surface area contributed by atoms with Crippen molar-refractivity contribution < 1.29 is 23.5 Å². The minimum atomic E-state index is -0.650. The zero-order valence-corrected chi connectivity index (χ0v) is 15.8. The van der Waals surface area contributed by atoms with E-state index in [9.17, 15) is 14.0 Å². The van der Waals surface area contributed by atoms with E-state index in [1.165, 1.54) is 44.7 Å². The van der Waals surface area contributed by atoms with Crippen molar-refractivity contribution in [3.8, 4) is 11.5 Å². The zero-order valence-electron chi connectivity index (χ0n) is 15.8. The summed E-state index contributed by atoms with van der Waals surface area (Å²) >= 11 is 0. The van der Waals surface area contributed by atoms with Gasteiger partial charge < -0.3 is 19.6 Å². The number of hydrogen-bond acceptors (Lipinski definition) is 5. The molecule has 0 aliphatic rings. The molecule has 1 aromatic heterocycles. The van der Waals surface area contributed by atoms with Crippen LogP contribution in [0.2, 0.25) is 0 Å². The number of nitrogens with one attached hydrogen (secondary N) is 1. The lowest BCUT2D eigenvalue weighted by atomic mass is 10.2. The number of benzene rings is 2. The smallest absolute Gasteiger partial charge is 0.295 e. The Labute approximate surface area is 166 Å². The van der Waals surface area contributed by atoms with Gasteiger partial charge in [0, 0.05) is 12.3 Å². The van der Waals surface area contributed by atoms with Gasteiger partial charge in [0.25, 0.3) is 11.5 Å². The van der Waals surface area contributed by atoms with Crippen molar-refractivity contribution >= 4 is 11.6 Å². The summed E-state index contributed by atoms with van der Waals surface area (Å²) in [5, 5.41) is 2.64. The lowest BCUT2D eigenvalue weighted by Crippen LogP contribution is -2.32. The molecule has 150 valence electrons. The van der Waals surface area contributed by atoms with Gasteiger partial charge in [-0.1, -0.05) is 12.1 Å². The van der Waals surface area contributed by atoms with E-state index in [2.05, 4.69) is 5.32 Å². The summed E-state index contributed by atoms with van der Waals surface area (Å²) in [4.78, 5) is 30.7. The summed E-state index contributed by atoms with van der Waals surface area (Å²) in [6, 6.07) is 13.6. The molecule has 3 rings (SSSR count). The molecule has 1 amide bonds. The molecule has 0 aliphatic carbocycles. The lowest BCUT2D eigenvalue weighted by Gasteiger charge is -2.13. The van der Waals surface area contributed by atoms with Crippen LogP contribution in [-0.4, -0.2) is 24.9 Å². The molecular formula is C21H19FN2O5. The molecule has 0 radical (unpaired) electrons. The van der Waals surface area contributed by atoms with Crippen LogP contribution >= 0.6 is 0 Å². The standard InChI is InChI=1S/C21H19FN2O5/c1-27-16-8-9-19(28-2)18(12-16)23-20(25)17-7-4-10-24(21(17)26)29-13-14-5-3-6-15(22)11-14/h3-12H,13H2,1-2H3,(H,23,25). The second-order valence-corrected chi connectivity index (χ2v) is 5.98. The number of hydrogen-bond donors (Lipinski definition) is 1.